The van der Waals surface area contributed by atoms with Crippen molar-refractivity contribution in [2.75, 3.05) is 0 Å². The standard InChI is InChI=1S/C9H8BrNOS/c1-2-11-7-4-3-6(10)5-8(7)13-9(11)12/h3-5H,2H2,1H3. The zero-order valence-electron chi connectivity index (χ0n) is 7.08. The zero-order chi connectivity index (χ0) is 9.42. The third-order valence-electron chi connectivity index (χ3n) is 1.95. The molecule has 0 N–H and O–H groups in total. The lowest BCUT2D eigenvalue weighted by molar-refractivity contribution is 0.778. The summed E-state index contributed by atoms with van der Waals surface area (Å²) in [4.78, 5) is 11.6. The molecule has 0 saturated carbocycles. The van der Waals surface area contributed by atoms with Gasteiger partial charge in [-0.3, -0.25) is 9.36 Å². The second-order valence-corrected chi connectivity index (χ2v) is 4.63. The smallest absolute Gasteiger partial charge is 0.299 e. The SMILES string of the molecule is CCn1c(=O)sc2cc(Br)ccc21. The van der Waals surface area contributed by atoms with Crippen molar-refractivity contribution in [3.63, 3.8) is 0 Å². The van der Waals surface area contributed by atoms with Crippen LogP contribution in [0.2, 0.25) is 0 Å². The summed E-state index contributed by atoms with van der Waals surface area (Å²) in [6.07, 6.45) is 0. The molecule has 68 valence electrons. The summed E-state index contributed by atoms with van der Waals surface area (Å²) in [6, 6.07) is 5.91. The molecule has 2 nitrogen and oxygen atoms in total. The number of benzene rings is 1. The average molecular weight is 258 g/mol. The minimum atomic E-state index is 0.121. The van der Waals surface area contributed by atoms with Gasteiger partial charge in [-0.15, -0.1) is 0 Å². The van der Waals surface area contributed by atoms with Crippen LogP contribution in [0.25, 0.3) is 10.2 Å². The van der Waals surface area contributed by atoms with Crippen molar-refractivity contribution in [2.24, 2.45) is 0 Å². The highest BCUT2D eigenvalue weighted by atomic mass is 79.9. The van der Waals surface area contributed by atoms with Gasteiger partial charge < -0.3 is 0 Å². The Morgan fingerprint density at radius 3 is 3.00 bits per heavy atom. The molecule has 0 bridgehead atoms. The summed E-state index contributed by atoms with van der Waals surface area (Å²) in [5.74, 6) is 0. The Bertz CT molecular complexity index is 500. The first-order valence-corrected chi connectivity index (χ1v) is 5.62. The van der Waals surface area contributed by atoms with Crippen molar-refractivity contribution in [3.05, 3.63) is 32.3 Å². The van der Waals surface area contributed by atoms with E-state index in [0.717, 1.165) is 21.2 Å². The number of nitrogens with zero attached hydrogens (tertiary/aromatic N) is 1. The van der Waals surface area contributed by atoms with E-state index in [4.69, 9.17) is 0 Å². The second kappa shape index (κ2) is 3.27. The molecule has 0 amide bonds. The summed E-state index contributed by atoms with van der Waals surface area (Å²) >= 11 is 4.68. The van der Waals surface area contributed by atoms with Crippen molar-refractivity contribution in [2.45, 2.75) is 13.5 Å². The van der Waals surface area contributed by atoms with Gasteiger partial charge in [-0.25, -0.2) is 0 Å². The van der Waals surface area contributed by atoms with Crippen LogP contribution in [0.4, 0.5) is 0 Å². The Labute approximate surface area is 87.9 Å². The first-order valence-electron chi connectivity index (χ1n) is 4.01. The third-order valence-corrected chi connectivity index (χ3v) is 3.38. The molecule has 0 unspecified atom stereocenters. The predicted octanol–water partition coefficient (Wildman–Crippen LogP) is 2.85. The molecule has 0 aliphatic carbocycles. The van der Waals surface area contributed by atoms with E-state index in [2.05, 4.69) is 15.9 Å². The highest BCUT2D eigenvalue weighted by Crippen LogP contribution is 2.21. The van der Waals surface area contributed by atoms with Gasteiger partial charge in [0.2, 0.25) is 0 Å². The van der Waals surface area contributed by atoms with E-state index in [1.807, 2.05) is 25.1 Å². The summed E-state index contributed by atoms with van der Waals surface area (Å²) in [6.45, 7) is 2.72. The molecule has 1 heterocycles. The number of aromatic nitrogens is 1. The van der Waals surface area contributed by atoms with Gasteiger partial charge in [0, 0.05) is 11.0 Å². The second-order valence-electron chi connectivity index (χ2n) is 2.72. The summed E-state index contributed by atoms with van der Waals surface area (Å²) < 4.78 is 3.85. The van der Waals surface area contributed by atoms with Crippen molar-refractivity contribution >= 4 is 37.5 Å². The van der Waals surface area contributed by atoms with Crippen LogP contribution < -0.4 is 4.87 Å². The monoisotopic (exact) mass is 257 g/mol. The maximum atomic E-state index is 11.4. The molecule has 2 aromatic rings. The van der Waals surface area contributed by atoms with Gasteiger partial charge in [0.05, 0.1) is 10.2 Å². The van der Waals surface area contributed by atoms with E-state index in [1.54, 1.807) is 4.57 Å². The van der Waals surface area contributed by atoms with E-state index in [-0.39, 0.29) is 4.87 Å². The minimum absolute atomic E-state index is 0.121. The largest absolute Gasteiger partial charge is 0.308 e. The topological polar surface area (TPSA) is 22.0 Å². The highest BCUT2D eigenvalue weighted by Gasteiger charge is 2.04. The molecule has 1 aromatic heterocycles. The van der Waals surface area contributed by atoms with Gasteiger partial charge >= 0.3 is 4.87 Å². The van der Waals surface area contributed by atoms with Gasteiger partial charge in [-0.1, -0.05) is 27.3 Å². The number of thiazole rings is 1. The van der Waals surface area contributed by atoms with E-state index < -0.39 is 0 Å². The molecule has 0 spiro atoms. The van der Waals surface area contributed by atoms with Crippen LogP contribution in [0, 0.1) is 0 Å². The fourth-order valence-corrected chi connectivity index (χ4v) is 2.85. The number of aryl methyl sites for hydroxylation is 1. The lowest BCUT2D eigenvalue weighted by Gasteiger charge is -1.97. The molecule has 0 aliphatic heterocycles. The van der Waals surface area contributed by atoms with E-state index in [9.17, 15) is 4.79 Å². The molecule has 0 aliphatic rings. The summed E-state index contributed by atoms with van der Waals surface area (Å²) in [7, 11) is 0. The molecule has 13 heavy (non-hydrogen) atoms. The first-order chi connectivity index (χ1) is 6.22. The Morgan fingerprint density at radius 2 is 2.31 bits per heavy atom. The van der Waals surface area contributed by atoms with Crippen molar-refractivity contribution in [3.8, 4) is 0 Å². The molecular weight excluding hydrogens is 250 g/mol. The Hall–Kier alpha value is -0.610. The van der Waals surface area contributed by atoms with Crippen LogP contribution >= 0.6 is 27.3 Å². The molecule has 4 heteroatoms. The fourth-order valence-electron chi connectivity index (χ4n) is 1.34. The van der Waals surface area contributed by atoms with Crippen LogP contribution in [0.1, 0.15) is 6.92 Å². The van der Waals surface area contributed by atoms with Gasteiger partial charge in [-0.05, 0) is 25.1 Å². The van der Waals surface area contributed by atoms with Crippen LogP contribution in [0.5, 0.6) is 0 Å². The van der Waals surface area contributed by atoms with E-state index >= 15 is 0 Å². The number of hydrogen-bond donors (Lipinski definition) is 0. The van der Waals surface area contributed by atoms with Gasteiger partial charge in [0.25, 0.3) is 0 Å². The molecule has 0 saturated heterocycles. The van der Waals surface area contributed by atoms with Gasteiger partial charge in [0.15, 0.2) is 0 Å². The van der Waals surface area contributed by atoms with Crippen LogP contribution in [0.3, 0.4) is 0 Å². The quantitative estimate of drug-likeness (QED) is 0.770. The van der Waals surface area contributed by atoms with Gasteiger partial charge in [-0.2, -0.15) is 0 Å². The van der Waals surface area contributed by atoms with E-state index in [0.29, 0.717) is 0 Å². The average Bonchev–Trinajstić information content (AvgIpc) is 2.39. The number of hydrogen-bond acceptors (Lipinski definition) is 2. The van der Waals surface area contributed by atoms with Crippen molar-refractivity contribution in [1.29, 1.82) is 0 Å². The maximum absolute atomic E-state index is 11.4. The number of fused-ring (bicyclic) bond motifs is 1. The summed E-state index contributed by atoms with van der Waals surface area (Å²) in [5, 5.41) is 0. The summed E-state index contributed by atoms with van der Waals surface area (Å²) in [5.41, 5.74) is 1.03. The lowest BCUT2D eigenvalue weighted by Crippen LogP contribution is -2.10. The Balaban J connectivity index is 2.87. The number of halogens is 1. The van der Waals surface area contributed by atoms with Gasteiger partial charge in [0.1, 0.15) is 0 Å². The lowest BCUT2D eigenvalue weighted by atomic mass is 10.3. The van der Waals surface area contributed by atoms with Crippen LogP contribution in [0.15, 0.2) is 27.5 Å². The maximum Gasteiger partial charge on any atom is 0.308 e. The van der Waals surface area contributed by atoms with Crippen LogP contribution in [-0.2, 0) is 6.54 Å². The minimum Gasteiger partial charge on any atom is -0.299 e. The molecule has 1 aromatic carbocycles. The molecular formula is C9H8BrNOS. The van der Waals surface area contributed by atoms with E-state index in [1.165, 1.54) is 11.3 Å². The Morgan fingerprint density at radius 1 is 1.54 bits per heavy atom. The molecule has 0 fully saturated rings. The molecule has 0 radical (unpaired) electrons. The Kier molecular flexibility index (Phi) is 2.26. The van der Waals surface area contributed by atoms with Crippen LogP contribution in [-0.4, -0.2) is 4.57 Å². The molecule has 0 atom stereocenters. The molecule has 2 rings (SSSR count). The zero-order valence-corrected chi connectivity index (χ0v) is 9.48. The van der Waals surface area contributed by atoms with Crippen molar-refractivity contribution < 1.29 is 0 Å². The van der Waals surface area contributed by atoms with Crippen molar-refractivity contribution in [1.82, 2.24) is 4.57 Å². The fraction of sp³-hybridized carbons (Fsp3) is 0.222. The highest BCUT2D eigenvalue weighted by molar-refractivity contribution is 9.10. The number of rotatable bonds is 1. The normalized spacial score (nSPS) is 10.9. The first kappa shape index (κ1) is 8.97. The predicted molar refractivity (Wildman–Crippen MR) is 59.5 cm³/mol. The third kappa shape index (κ3) is 1.44.